The first-order valence-electron chi connectivity index (χ1n) is 3.55. The Balaban J connectivity index is 2.79. The van der Waals surface area contributed by atoms with E-state index in [0.29, 0.717) is 0 Å². The second-order valence-corrected chi connectivity index (χ2v) is 2.60. The number of pyridine rings is 1. The molecule has 0 bridgehead atoms. The fourth-order valence-corrected chi connectivity index (χ4v) is 1.15. The second-order valence-electron chi connectivity index (χ2n) is 2.60. The third-order valence-corrected chi connectivity index (χ3v) is 1.73. The van der Waals surface area contributed by atoms with Gasteiger partial charge in [-0.1, -0.05) is 0 Å². The molecule has 1 N–H and O–H groups in total. The topological polar surface area (TPSA) is 24.1 Å². The van der Waals surface area contributed by atoms with E-state index in [0.717, 1.165) is 15.5 Å². The molecule has 0 aliphatic carbocycles. The minimum absolute atomic E-state index is 0.266. The molecule has 1 aromatic carbocycles. The van der Waals surface area contributed by atoms with Crippen molar-refractivity contribution in [3.63, 3.8) is 0 Å². The van der Waals surface area contributed by atoms with Gasteiger partial charge in [0.05, 0.1) is 5.39 Å². The molecule has 0 amide bonds. The Morgan fingerprint density at radius 2 is 2.00 bits per heavy atom. The number of rotatable bonds is 0. The highest BCUT2D eigenvalue weighted by Gasteiger charge is 2.00. The molecular formula is C9H7FNO+. The minimum atomic E-state index is -0.266. The van der Waals surface area contributed by atoms with Crippen LogP contribution in [0.2, 0.25) is 0 Å². The van der Waals surface area contributed by atoms with Crippen LogP contribution in [0.15, 0.2) is 36.7 Å². The smallest absolute Gasteiger partial charge is 0.230 e. The summed E-state index contributed by atoms with van der Waals surface area (Å²) in [7, 11) is 0. The van der Waals surface area contributed by atoms with E-state index in [2.05, 4.69) is 0 Å². The molecule has 1 heterocycles. The maximum Gasteiger partial charge on any atom is 0.230 e. The molecule has 2 nitrogen and oxygen atoms in total. The second kappa shape index (κ2) is 2.44. The van der Waals surface area contributed by atoms with Gasteiger partial charge in [-0.25, -0.2) is 4.39 Å². The Kier molecular flexibility index (Phi) is 1.43. The summed E-state index contributed by atoms with van der Waals surface area (Å²) in [6.07, 6.45) is 2.98. The molecule has 0 unspecified atom stereocenters. The summed E-state index contributed by atoms with van der Waals surface area (Å²) in [5.41, 5.74) is 0. The third-order valence-electron chi connectivity index (χ3n) is 1.73. The van der Waals surface area contributed by atoms with Gasteiger partial charge in [-0.05, 0) is 23.6 Å². The molecular weight excluding hydrogens is 157 g/mol. The van der Waals surface area contributed by atoms with Gasteiger partial charge in [0, 0.05) is 10.8 Å². The highest BCUT2D eigenvalue weighted by molar-refractivity contribution is 5.80. The molecule has 1 aromatic heterocycles. The SMILES string of the molecule is O[n+]1ccc2cc(F)ccc2c1. The quantitative estimate of drug-likeness (QED) is 0.463. The lowest BCUT2D eigenvalue weighted by Gasteiger charge is -1.92. The van der Waals surface area contributed by atoms with Crippen molar-refractivity contribution < 1.29 is 14.3 Å². The Morgan fingerprint density at radius 3 is 2.83 bits per heavy atom. The van der Waals surface area contributed by atoms with E-state index >= 15 is 0 Å². The molecule has 3 heteroatoms. The van der Waals surface area contributed by atoms with E-state index in [-0.39, 0.29) is 5.82 Å². The lowest BCUT2D eigenvalue weighted by molar-refractivity contribution is -0.903. The Labute approximate surface area is 68.5 Å². The van der Waals surface area contributed by atoms with Gasteiger partial charge in [0.1, 0.15) is 5.82 Å². The number of halogens is 1. The lowest BCUT2D eigenvalue weighted by atomic mass is 10.2. The predicted molar refractivity (Wildman–Crippen MR) is 41.3 cm³/mol. The Bertz CT molecular complexity index is 387. The van der Waals surface area contributed by atoms with Crippen LogP contribution in [0.1, 0.15) is 0 Å². The van der Waals surface area contributed by atoms with Gasteiger partial charge in [0.25, 0.3) is 0 Å². The molecule has 0 aliphatic rings. The van der Waals surface area contributed by atoms with Crippen molar-refractivity contribution in [3.05, 3.63) is 42.5 Å². The fourth-order valence-electron chi connectivity index (χ4n) is 1.15. The molecule has 0 fully saturated rings. The summed E-state index contributed by atoms with van der Waals surface area (Å²) in [6.45, 7) is 0. The molecule has 0 spiro atoms. The molecule has 2 rings (SSSR count). The highest BCUT2D eigenvalue weighted by atomic mass is 19.1. The summed E-state index contributed by atoms with van der Waals surface area (Å²) in [5, 5.41) is 10.6. The maximum atomic E-state index is 12.7. The summed E-state index contributed by atoms with van der Waals surface area (Å²) >= 11 is 0. The van der Waals surface area contributed by atoms with Gasteiger partial charge >= 0.3 is 0 Å². The van der Waals surface area contributed by atoms with Crippen LogP contribution in [0.5, 0.6) is 0 Å². The number of nitrogens with zero attached hydrogens (tertiary/aromatic N) is 1. The van der Waals surface area contributed by atoms with Crippen molar-refractivity contribution in [2.45, 2.75) is 0 Å². The maximum absolute atomic E-state index is 12.7. The van der Waals surface area contributed by atoms with Crippen molar-refractivity contribution in [1.29, 1.82) is 0 Å². The molecule has 2 aromatic rings. The Hall–Kier alpha value is -1.64. The number of fused-ring (bicyclic) bond motifs is 1. The summed E-state index contributed by atoms with van der Waals surface area (Å²) < 4.78 is 13.6. The van der Waals surface area contributed by atoms with Crippen LogP contribution in [0.25, 0.3) is 10.8 Å². The van der Waals surface area contributed by atoms with Gasteiger partial charge in [-0.2, -0.15) is 0 Å². The predicted octanol–water partition coefficient (Wildman–Crippen LogP) is 1.50. The zero-order valence-corrected chi connectivity index (χ0v) is 6.24. The first kappa shape index (κ1) is 7.03. The van der Waals surface area contributed by atoms with Crippen LogP contribution in [-0.2, 0) is 0 Å². The monoisotopic (exact) mass is 164 g/mol. The van der Waals surface area contributed by atoms with Crippen LogP contribution in [0.3, 0.4) is 0 Å². The van der Waals surface area contributed by atoms with E-state index in [1.54, 1.807) is 12.1 Å². The van der Waals surface area contributed by atoms with Crippen LogP contribution in [0, 0.1) is 5.82 Å². The molecule has 0 saturated carbocycles. The average molecular weight is 164 g/mol. The zero-order chi connectivity index (χ0) is 8.55. The van der Waals surface area contributed by atoms with Crippen molar-refractivity contribution >= 4 is 10.8 Å². The van der Waals surface area contributed by atoms with E-state index < -0.39 is 0 Å². The van der Waals surface area contributed by atoms with Crippen molar-refractivity contribution in [1.82, 2.24) is 0 Å². The van der Waals surface area contributed by atoms with Gasteiger partial charge in [0.2, 0.25) is 12.4 Å². The van der Waals surface area contributed by atoms with Crippen LogP contribution in [0.4, 0.5) is 4.39 Å². The van der Waals surface area contributed by atoms with Crippen LogP contribution >= 0.6 is 0 Å². The molecule has 0 atom stereocenters. The molecule has 12 heavy (non-hydrogen) atoms. The van der Waals surface area contributed by atoms with E-state index in [1.165, 1.54) is 24.5 Å². The summed E-state index contributed by atoms with van der Waals surface area (Å²) in [4.78, 5) is 0. The van der Waals surface area contributed by atoms with Crippen LogP contribution in [-0.4, -0.2) is 5.21 Å². The van der Waals surface area contributed by atoms with E-state index in [4.69, 9.17) is 5.21 Å². The summed E-state index contributed by atoms with van der Waals surface area (Å²) in [5.74, 6) is -0.266. The van der Waals surface area contributed by atoms with E-state index in [9.17, 15) is 4.39 Å². The summed E-state index contributed by atoms with van der Waals surface area (Å²) in [6, 6.07) is 6.06. The van der Waals surface area contributed by atoms with Gasteiger partial charge in [-0.15, -0.1) is 0 Å². The van der Waals surface area contributed by atoms with Gasteiger partial charge in [-0.3, -0.25) is 5.21 Å². The molecule has 0 saturated heterocycles. The first-order valence-corrected chi connectivity index (χ1v) is 3.55. The molecule has 0 radical (unpaired) electrons. The largest absolute Gasteiger partial charge is 0.285 e. The molecule has 0 aliphatic heterocycles. The van der Waals surface area contributed by atoms with Gasteiger partial charge < -0.3 is 0 Å². The van der Waals surface area contributed by atoms with E-state index in [1.807, 2.05) is 0 Å². The lowest BCUT2D eigenvalue weighted by Crippen LogP contribution is -2.27. The zero-order valence-electron chi connectivity index (χ0n) is 6.24. The minimum Gasteiger partial charge on any atom is -0.285 e. The normalized spacial score (nSPS) is 10.4. The van der Waals surface area contributed by atoms with Crippen molar-refractivity contribution in [3.8, 4) is 0 Å². The average Bonchev–Trinajstić information content (AvgIpc) is 2.05. The van der Waals surface area contributed by atoms with Crippen molar-refractivity contribution in [2.24, 2.45) is 0 Å². The standard InChI is InChI=1S/C9H7FNO/c10-9-2-1-8-6-11(12)4-3-7(8)5-9/h1-6,12H/q+1. The number of aromatic nitrogens is 1. The fraction of sp³-hybridized carbons (Fsp3) is 0. The number of benzene rings is 1. The highest BCUT2D eigenvalue weighted by Crippen LogP contribution is 2.12. The van der Waals surface area contributed by atoms with Crippen LogP contribution < -0.4 is 4.73 Å². The first-order chi connectivity index (χ1) is 5.75. The number of hydrogen-bond donors (Lipinski definition) is 1. The van der Waals surface area contributed by atoms with Crippen molar-refractivity contribution in [2.75, 3.05) is 0 Å². The number of hydrogen-bond acceptors (Lipinski definition) is 1. The Morgan fingerprint density at radius 1 is 1.17 bits per heavy atom. The molecule has 60 valence electrons. The van der Waals surface area contributed by atoms with Gasteiger partial charge in [0.15, 0.2) is 0 Å². The third kappa shape index (κ3) is 1.09.